The molecule has 110 valence electrons. The number of nitrogens with one attached hydrogen (secondary N) is 1. The van der Waals surface area contributed by atoms with E-state index in [1.54, 1.807) is 7.11 Å². The minimum atomic E-state index is 0.0771. The number of methoxy groups -OCH3 is 1. The van der Waals surface area contributed by atoms with E-state index in [-0.39, 0.29) is 5.54 Å². The van der Waals surface area contributed by atoms with Crippen molar-refractivity contribution in [3.63, 3.8) is 0 Å². The zero-order chi connectivity index (χ0) is 15.0. The van der Waals surface area contributed by atoms with E-state index in [9.17, 15) is 0 Å². The molecule has 0 bridgehead atoms. The van der Waals surface area contributed by atoms with Gasteiger partial charge in [-0.15, -0.1) is 0 Å². The number of hydrogen-bond donors (Lipinski definition) is 1. The lowest BCUT2D eigenvalue weighted by molar-refractivity contribution is 0.290. The summed E-state index contributed by atoms with van der Waals surface area (Å²) in [5.74, 6) is 1.46. The minimum Gasteiger partial charge on any atom is -0.493 e. The summed E-state index contributed by atoms with van der Waals surface area (Å²) in [5, 5.41) is 12.0. The molecule has 4 nitrogen and oxygen atoms in total. The SMILES string of the molecule is COc1ccc(CNC(C)(C)C)cc1OCCCC#N. The van der Waals surface area contributed by atoms with Crippen LogP contribution in [0.4, 0.5) is 0 Å². The Morgan fingerprint density at radius 2 is 2.00 bits per heavy atom. The summed E-state index contributed by atoms with van der Waals surface area (Å²) in [6.45, 7) is 7.71. The Kier molecular flexibility index (Phi) is 6.33. The van der Waals surface area contributed by atoms with Gasteiger partial charge < -0.3 is 14.8 Å². The first-order valence-corrected chi connectivity index (χ1v) is 6.88. The van der Waals surface area contributed by atoms with Crippen molar-refractivity contribution >= 4 is 0 Å². The molecule has 0 aliphatic carbocycles. The van der Waals surface area contributed by atoms with Gasteiger partial charge in [-0.2, -0.15) is 5.26 Å². The molecule has 20 heavy (non-hydrogen) atoms. The van der Waals surface area contributed by atoms with Crippen LogP contribution in [0, 0.1) is 11.3 Å². The quantitative estimate of drug-likeness (QED) is 0.777. The van der Waals surface area contributed by atoms with Crippen molar-refractivity contribution in [2.75, 3.05) is 13.7 Å². The van der Waals surface area contributed by atoms with Crippen LogP contribution < -0.4 is 14.8 Å². The number of hydrogen-bond acceptors (Lipinski definition) is 4. The Labute approximate surface area is 121 Å². The van der Waals surface area contributed by atoms with Crippen molar-refractivity contribution in [1.29, 1.82) is 5.26 Å². The van der Waals surface area contributed by atoms with Gasteiger partial charge in [0, 0.05) is 18.5 Å². The molecule has 1 N–H and O–H groups in total. The second kappa shape index (κ2) is 7.76. The molecule has 1 rings (SSSR count). The molecule has 0 unspecified atom stereocenters. The molecule has 4 heteroatoms. The fraction of sp³-hybridized carbons (Fsp3) is 0.562. The second-order valence-corrected chi connectivity index (χ2v) is 5.70. The van der Waals surface area contributed by atoms with Crippen LogP contribution in [0.5, 0.6) is 11.5 Å². The van der Waals surface area contributed by atoms with Gasteiger partial charge in [-0.05, 0) is 44.9 Å². The number of nitrogens with zero attached hydrogens (tertiary/aromatic N) is 1. The molecule has 1 aromatic rings. The summed E-state index contributed by atoms with van der Waals surface area (Å²) in [7, 11) is 1.63. The lowest BCUT2D eigenvalue weighted by Crippen LogP contribution is -2.35. The number of unbranched alkanes of at least 4 members (excludes halogenated alkanes) is 1. The van der Waals surface area contributed by atoms with Crippen LogP contribution in [0.15, 0.2) is 18.2 Å². The molecule has 0 atom stereocenters. The average Bonchev–Trinajstić information content (AvgIpc) is 2.40. The van der Waals surface area contributed by atoms with E-state index < -0.39 is 0 Å². The Bertz CT molecular complexity index is 459. The smallest absolute Gasteiger partial charge is 0.161 e. The zero-order valence-electron chi connectivity index (χ0n) is 12.8. The van der Waals surface area contributed by atoms with Gasteiger partial charge in [0.15, 0.2) is 11.5 Å². The van der Waals surface area contributed by atoms with E-state index in [0.717, 1.165) is 30.0 Å². The Hall–Kier alpha value is -1.73. The molecule has 0 amide bonds. The van der Waals surface area contributed by atoms with Crippen LogP contribution >= 0.6 is 0 Å². The van der Waals surface area contributed by atoms with Crippen LogP contribution in [0.2, 0.25) is 0 Å². The Morgan fingerprint density at radius 1 is 1.25 bits per heavy atom. The summed E-state index contributed by atoms with van der Waals surface area (Å²) in [6.07, 6.45) is 1.23. The molecule has 0 saturated carbocycles. The fourth-order valence-electron chi connectivity index (χ4n) is 1.64. The van der Waals surface area contributed by atoms with Gasteiger partial charge in [0.2, 0.25) is 0 Å². The van der Waals surface area contributed by atoms with E-state index in [4.69, 9.17) is 14.7 Å². The lowest BCUT2D eigenvalue weighted by Gasteiger charge is -2.21. The molecule has 0 radical (unpaired) electrons. The fourth-order valence-corrected chi connectivity index (χ4v) is 1.64. The summed E-state index contributed by atoms with van der Waals surface area (Å²) >= 11 is 0. The highest BCUT2D eigenvalue weighted by Gasteiger charge is 2.10. The monoisotopic (exact) mass is 276 g/mol. The van der Waals surface area contributed by atoms with E-state index in [1.807, 2.05) is 18.2 Å². The first-order valence-electron chi connectivity index (χ1n) is 6.88. The predicted octanol–water partition coefficient (Wildman–Crippen LogP) is 3.27. The number of ether oxygens (including phenoxy) is 2. The van der Waals surface area contributed by atoms with Crippen LogP contribution in [-0.2, 0) is 6.54 Å². The van der Waals surface area contributed by atoms with Gasteiger partial charge in [0.1, 0.15) is 0 Å². The highest BCUT2D eigenvalue weighted by atomic mass is 16.5. The lowest BCUT2D eigenvalue weighted by atomic mass is 10.1. The summed E-state index contributed by atoms with van der Waals surface area (Å²) in [4.78, 5) is 0. The maximum absolute atomic E-state index is 8.52. The second-order valence-electron chi connectivity index (χ2n) is 5.70. The topological polar surface area (TPSA) is 54.3 Å². The van der Waals surface area contributed by atoms with Gasteiger partial charge >= 0.3 is 0 Å². The molecule has 0 aliphatic heterocycles. The Morgan fingerprint density at radius 3 is 2.60 bits per heavy atom. The van der Waals surface area contributed by atoms with Crippen molar-refractivity contribution in [3.8, 4) is 17.6 Å². The summed E-state index contributed by atoms with van der Waals surface area (Å²) < 4.78 is 11.0. The minimum absolute atomic E-state index is 0.0771. The van der Waals surface area contributed by atoms with E-state index in [2.05, 4.69) is 32.2 Å². The first kappa shape index (κ1) is 16.3. The van der Waals surface area contributed by atoms with Gasteiger partial charge in [-0.1, -0.05) is 6.07 Å². The normalized spacial score (nSPS) is 10.9. The third-order valence-corrected chi connectivity index (χ3v) is 2.74. The van der Waals surface area contributed by atoms with Crippen molar-refractivity contribution in [1.82, 2.24) is 5.32 Å². The highest BCUT2D eigenvalue weighted by molar-refractivity contribution is 5.43. The molecule has 0 aliphatic rings. The van der Waals surface area contributed by atoms with Crippen molar-refractivity contribution < 1.29 is 9.47 Å². The van der Waals surface area contributed by atoms with Gasteiger partial charge in [-0.3, -0.25) is 0 Å². The maximum atomic E-state index is 8.52. The Balaban J connectivity index is 2.68. The number of rotatable bonds is 7. The molecule has 0 saturated heterocycles. The highest BCUT2D eigenvalue weighted by Crippen LogP contribution is 2.28. The molecular formula is C16H24N2O2. The summed E-state index contributed by atoms with van der Waals surface area (Å²) in [5.41, 5.74) is 1.23. The van der Waals surface area contributed by atoms with Gasteiger partial charge in [-0.25, -0.2) is 0 Å². The van der Waals surface area contributed by atoms with Gasteiger partial charge in [0.05, 0.1) is 19.8 Å². The van der Waals surface area contributed by atoms with Crippen LogP contribution in [0.25, 0.3) is 0 Å². The molecule has 1 aromatic carbocycles. The van der Waals surface area contributed by atoms with Crippen LogP contribution in [0.3, 0.4) is 0 Å². The molecule has 0 spiro atoms. The zero-order valence-corrected chi connectivity index (χ0v) is 12.8. The van der Waals surface area contributed by atoms with Crippen molar-refractivity contribution in [2.24, 2.45) is 0 Å². The molecular weight excluding hydrogens is 252 g/mol. The number of nitriles is 1. The average molecular weight is 276 g/mol. The van der Waals surface area contributed by atoms with E-state index in [0.29, 0.717) is 13.0 Å². The van der Waals surface area contributed by atoms with Crippen molar-refractivity contribution in [2.45, 2.75) is 45.7 Å². The van der Waals surface area contributed by atoms with Gasteiger partial charge in [0.25, 0.3) is 0 Å². The standard InChI is InChI=1S/C16H24N2O2/c1-16(2,3)18-12-13-7-8-14(19-4)15(11-13)20-10-6-5-9-17/h7-8,11,18H,5-6,10,12H2,1-4H3. The maximum Gasteiger partial charge on any atom is 0.161 e. The van der Waals surface area contributed by atoms with E-state index >= 15 is 0 Å². The third-order valence-electron chi connectivity index (χ3n) is 2.74. The predicted molar refractivity (Wildman–Crippen MR) is 79.9 cm³/mol. The molecule has 0 aromatic heterocycles. The first-order chi connectivity index (χ1) is 9.46. The largest absolute Gasteiger partial charge is 0.493 e. The van der Waals surface area contributed by atoms with Crippen molar-refractivity contribution in [3.05, 3.63) is 23.8 Å². The third kappa shape index (κ3) is 5.94. The summed E-state index contributed by atoms with van der Waals surface area (Å²) in [6, 6.07) is 8.04. The van der Waals surface area contributed by atoms with Crippen LogP contribution in [0.1, 0.15) is 39.2 Å². The van der Waals surface area contributed by atoms with Crippen LogP contribution in [-0.4, -0.2) is 19.3 Å². The van der Waals surface area contributed by atoms with E-state index in [1.165, 1.54) is 0 Å². The molecule has 0 fully saturated rings. The number of benzene rings is 1. The molecule has 0 heterocycles.